The van der Waals surface area contributed by atoms with Crippen LogP contribution in [0, 0.1) is 0 Å². The zero-order valence-corrected chi connectivity index (χ0v) is 13.8. The van der Waals surface area contributed by atoms with Crippen molar-refractivity contribution < 1.29 is 22.7 Å². The second-order valence-electron chi connectivity index (χ2n) is 5.52. The maximum absolute atomic E-state index is 12.0. The third-order valence-corrected chi connectivity index (χ3v) is 4.53. The van der Waals surface area contributed by atoms with Gasteiger partial charge in [0, 0.05) is 13.2 Å². The Balaban J connectivity index is 1.81. The van der Waals surface area contributed by atoms with Crippen LogP contribution in [0.4, 0.5) is 0 Å². The Hall–Kier alpha value is -1.48. The zero-order valence-electron chi connectivity index (χ0n) is 13.0. The van der Waals surface area contributed by atoms with Crippen molar-refractivity contribution >= 4 is 15.9 Å². The molecule has 1 saturated heterocycles. The minimum absolute atomic E-state index is 0.0203. The van der Waals surface area contributed by atoms with Gasteiger partial charge in [-0.15, -0.1) is 0 Å². The number of amides is 1. The van der Waals surface area contributed by atoms with Crippen molar-refractivity contribution in [1.29, 1.82) is 0 Å². The van der Waals surface area contributed by atoms with E-state index in [0.717, 1.165) is 19.4 Å². The normalized spacial score (nSPS) is 19.5. The average Bonchev–Trinajstić information content (AvgIpc) is 3.03. The molecule has 1 aromatic carbocycles. The molecule has 2 atom stereocenters. The highest BCUT2D eigenvalue weighted by atomic mass is 32.2. The Kier molecular flexibility index (Phi) is 6.11. The number of carbonyl (C=O) groups excluding carboxylic acids is 1. The van der Waals surface area contributed by atoms with Crippen molar-refractivity contribution in [2.24, 2.45) is 5.14 Å². The predicted molar refractivity (Wildman–Crippen MR) is 84.0 cm³/mol. The predicted octanol–water partition coefficient (Wildman–Crippen LogP) is 0.534. The van der Waals surface area contributed by atoms with Crippen LogP contribution in [-0.4, -0.2) is 39.7 Å². The van der Waals surface area contributed by atoms with E-state index in [2.05, 4.69) is 5.32 Å². The molecule has 0 unspecified atom stereocenters. The number of sulfonamides is 1. The van der Waals surface area contributed by atoms with Crippen LogP contribution in [0.5, 0.6) is 0 Å². The molecular weight excluding hydrogens is 320 g/mol. The number of nitrogens with one attached hydrogen (secondary N) is 1. The van der Waals surface area contributed by atoms with E-state index in [1.165, 1.54) is 12.1 Å². The van der Waals surface area contributed by atoms with E-state index in [9.17, 15) is 13.2 Å². The second-order valence-corrected chi connectivity index (χ2v) is 7.08. The number of nitrogens with two attached hydrogens (primary N) is 1. The highest BCUT2D eigenvalue weighted by Gasteiger charge is 2.19. The Labute approximate surface area is 136 Å². The van der Waals surface area contributed by atoms with Crippen LogP contribution >= 0.6 is 0 Å². The van der Waals surface area contributed by atoms with E-state index in [-0.39, 0.29) is 23.5 Å². The van der Waals surface area contributed by atoms with Gasteiger partial charge in [-0.3, -0.25) is 4.79 Å². The smallest absolute Gasteiger partial charge is 0.249 e. The Morgan fingerprint density at radius 3 is 2.96 bits per heavy atom. The molecule has 1 amide bonds. The molecule has 0 aromatic heterocycles. The molecule has 128 valence electrons. The molecule has 0 bridgehead atoms. The van der Waals surface area contributed by atoms with Gasteiger partial charge in [0.25, 0.3) is 0 Å². The monoisotopic (exact) mass is 342 g/mol. The first kappa shape index (κ1) is 17.9. The van der Waals surface area contributed by atoms with E-state index < -0.39 is 16.1 Å². The summed E-state index contributed by atoms with van der Waals surface area (Å²) < 4.78 is 33.5. The summed E-state index contributed by atoms with van der Waals surface area (Å²) in [4.78, 5) is 12.0. The molecule has 2 rings (SSSR count). The van der Waals surface area contributed by atoms with Gasteiger partial charge in [0.15, 0.2) is 0 Å². The fourth-order valence-corrected chi connectivity index (χ4v) is 2.85. The Bertz CT molecular complexity index is 641. The van der Waals surface area contributed by atoms with Crippen molar-refractivity contribution in [3.8, 4) is 0 Å². The number of rotatable bonds is 7. The molecule has 3 N–H and O–H groups in total. The van der Waals surface area contributed by atoms with E-state index in [4.69, 9.17) is 14.6 Å². The lowest BCUT2D eigenvalue weighted by Crippen LogP contribution is -2.35. The third-order valence-electron chi connectivity index (χ3n) is 3.62. The third kappa shape index (κ3) is 5.58. The van der Waals surface area contributed by atoms with Crippen LogP contribution < -0.4 is 10.5 Å². The Morgan fingerprint density at radius 2 is 2.30 bits per heavy atom. The summed E-state index contributed by atoms with van der Waals surface area (Å²) in [6.07, 6.45) is 1.45. The van der Waals surface area contributed by atoms with Gasteiger partial charge in [-0.1, -0.05) is 12.1 Å². The van der Waals surface area contributed by atoms with Gasteiger partial charge in [0.05, 0.1) is 17.6 Å². The molecule has 1 fully saturated rings. The van der Waals surface area contributed by atoms with E-state index in [1.807, 2.05) is 0 Å². The maximum atomic E-state index is 12.0. The summed E-state index contributed by atoms with van der Waals surface area (Å²) in [5, 5.41) is 7.79. The number of carbonyl (C=O) groups is 1. The van der Waals surface area contributed by atoms with Crippen molar-refractivity contribution in [3.05, 3.63) is 29.8 Å². The van der Waals surface area contributed by atoms with Crippen molar-refractivity contribution in [3.63, 3.8) is 0 Å². The standard InChI is InChI=1S/C15H22N2O5S/c1-11(22-10-13-5-3-7-21-13)15(18)17-9-12-4-2-6-14(8-12)23(16,19)20/h2,4,6,8,11,13H,3,5,7,9-10H2,1H3,(H,17,18)(H2,16,19,20)/t11-,13+/m0/s1. The first-order valence-corrected chi connectivity index (χ1v) is 9.03. The van der Waals surface area contributed by atoms with Crippen molar-refractivity contribution in [1.82, 2.24) is 5.32 Å². The molecule has 1 heterocycles. The molecule has 1 aliphatic rings. The number of hydrogen-bond donors (Lipinski definition) is 2. The summed E-state index contributed by atoms with van der Waals surface area (Å²) in [7, 11) is -3.75. The molecule has 0 radical (unpaired) electrons. The molecule has 0 saturated carbocycles. The van der Waals surface area contributed by atoms with Crippen LogP contribution in [0.15, 0.2) is 29.2 Å². The van der Waals surface area contributed by atoms with Gasteiger partial charge in [-0.25, -0.2) is 13.6 Å². The second kappa shape index (κ2) is 7.87. The lowest BCUT2D eigenvalue weighted by Gasteiger charge is -2.16. The van der Waals surface area contributed by atoms with Gasteiger partial charge >= 0.3 is 0 Å². The maximum Gasteiger partial charge on any atom is 0.249 e. The van der Waals surface area contributed by atoms with Crippen LogP contribution in [0.1, 0.15) is 25.3 Å². The Morgan fingerprint density at radius 1 is 1.52 bits per heavy atom. The zero-order chi connectivity index (χ0) is 16.9. The van der Waals surface area contributed by atoms with Gasteiger partial charge in [-0.05, 0) is 37.5 Å². The van der Waals surface area contributed by atoms with E-state index in [0.29, 0.717) is 12.2 Å². The molecule has 0 aliphatic carbocycles. The minimum Gasteiger partial charge on any atom is -0.376 e. The van der Waals surface area contributed by atoms with Gasteiger partial charge in [0.2, 0.25) is 15.9 Å². The number of hydrogen-bond acceptors (Lipinski definition) is 5. The SMILES string of the molecule is C[C@H](OC[C@H]1CCCO1)C(=O)NCc1cccc(S(N)(=O)=O)c1. The molecular formula is C15H22N2O5S. The molecule has 23 heavy (non-hydrogen) atoms. The highest BCUT2D eigenvalue weighted by molar-refractivity contribution is 7.89. The van der Waals surface area contributed by atoms with E-state index in [1.54, 1.807) is 19.1 Å². The molecule has 8 heteroatoms. The number of benzene rings is 1. The van der Waals surface area contributed by atoms with Gasteiger partial charge in [-0.2, -0.15) is 0 Å². The summed E-state index contributed by atoms with van der Waals surface area (Å²) in [6.45, 7) is 3.02. The number of primary sulfonamides is 1. The van der Waals surface area contributed by atoms with Crippen molar-refractivity contribution in [2.45, 2.75) is 43.4 Å². The molecule has 1 aromatic rings. The van der Waals surface area contributed by atoms with Gasteiger partial charge in [0.1, 0.15) is 6.10 Å². The lowest BCUT2D eigenvalue weighted by molar-refractivity contribution is -0.133. The number of ether oxygens (including phenoxy) is 2. The first-order valence-electron chi connectivity index (χ1n) is 7.49. The highest BCUT2D eigenvalue weighted by Crippen LogP contribution is 2.13. The minimum atomic E-state index is -3.75. The molecule has 1 aliphatic heterocycles. The summed E-state index contributed by atoms with van der Waals surface area (Å²) in [5.41, 5.74) is 0.649. The summed E-state index contributed by atoms with van der Waals surface area (Å²) >= 11 is 0. The van der Waals surface area contributed by atoms with Crippen molar-refractivity contribution in [2.75, 3.05) is 13.2 Å². The first-order chi connectivity index (χ1) is 10.9. The van der Waals surface area contributed by atoms with Crippen LogP contribution in [0.3, 0.4) is 0 Å². The average molecular weight is 342 g/mol. The summed E-state index contributed by atoms with van der Waals surface area (Å²) in [6, 6.07) is 6.15. The van der Waals surface area contributed by atoms with Crippen LogP contribution in [0.2, 0.25) is 0 Å². The fourth-order valence-electron chi connectivity index (χ4n) is 2.27. The lowest BCUT2D eigenvalue weighted by atomic mass is 10.2. The fraction of sp³-hybridized carbons (Fsp3) is 0.533. The van der Waals surface area contributed by atoms with Gasteiger partial charge < -0.3 is 14.8 Å². The quantitative estimate of drug-likeness (QED) is 0.752. The summed E-state index contributed by atoms with van der Waals surface area (Å²) in [5.74, 6) is -0.260. The largest absolute Gasteiger partial charge is 0.376 e. The topological polar surface area (TPSA) is 108 Å². The molecule has 0 spiro atoms. The van der Waals surface area contributed by atoms with Crippen LogP contribution in [-0.2, 0) is 30.8 Å². The van der Waals surface area contributed by atoms with Crippen LogP contribution in [0.25, 0.3) is 0 Å². The molecule has 7 nitrogen and oxygen atoms in total. The van der Waals surface area contributed by atoms with E-state index >= 15 is 0 Å².